The Morgan fingerprint density at radius 2 is 1.54 bits per heavy atom. The van der Waals surface area contributed by atoms with Crippen LogP contribution in [0.25, 0.3) is 33.3 Å². The molecule has 1 amide bonds. The number of hydrogen-bond donors (Lipinski definition) is 4. The summed E-state index contributed by atoms with van der Waals surface area (Å²) in [4.78, 5) is 21.8. The number of hydrogen-bond acceptors (Lipinski definition) is 7. The van der Waals surface area contributed by atoms with Crippen molar-refractivity contribution in [2.45, 2.75) is 0 Å². The summed E-state index contributed by atoms with van der Waals surface area (Å²) in [6.07, 6.45) is 3.12. The quantitative estimate of drug-likeness (QED) is 0.172. The zero-order chi connectivity index (χ0) is 25.6. The Morgan fingerprint density at radius 1 is 0.865 bits per heavy atom. The molecule has 0 aliphatic carbocycles. The van der Waals surface area contributed by atoms with E-state index in [0.717, 1.165) is 22.4 Å². The third kappa shape index (κ3) is 5.11. The third-order valence-corrected chi connectivity index (χ3v) is 5.85. The molecule has 0 bridgehead atoms. The van der Waals surface area contributed by atoms with Crippen molar-refractivity contribution in [3.63, 3.8) is 0 Å². The van der Waals surface area contributed by atoms with Crippen molar-refractivity contribution in [3.8, 4) is 33.9 Å². The molecule has 2 heterocycles. The Morgan fingerprint density at radius 3 is 2.22 bits per heavy atom. The minimum absolute atomic E-state index is 0.0696. The van der Waals surface area contributed by atoms with E-state index in [4.69, 9.17) is 14.8 Å². The van der Waals surface area contributed by atoms with Gasteiger partial charge in [-0.25, -0.2) is 10.5 Å². The van der Waals surface area contributed by atoms with Gasteiger partial charge in [0.1, 0.15) is 11.4 Å². The Hall–Kier alpha value is -4.79. The smallest absolute Gasteiger partial charge is 0.279 e. The normalized spacial score (nSPS) is 10.8. The summed E-state index contributed by atoms with van der Waals surface area (Å²) in [6, 6.07) is 26.5. The molecule has 5 rings (SSSR count). The minimum Gasteiger partial charge on any atom is -0.454 e. The Bertz CT molecular complexity index is 1520. The van der Waals surface area contributed by atoms with Crippen LogP contribution in [-0.4, -0.2) is 39.3 Å². The van der Waals surface area contributed by atoms with Crippen LogP contribution in [0.3, 0.4) is 0 Å². The summed E-state index contributed by atoms with van der Waals surface area (Å²) < 4.78 is 6.20. The Balaban J connectivity index is 1.60. The summed E-state index contributed by atoms with van der Waals surface area (Å²) in [5, 5.41) is 22.1. The van der Waals surface area contributed by atoms with E-state index < -0.39 is 5.91 Å². The van der Waals surface area contributed by atoms with Gasteiger partial charge in [0.15, 0.2) is 5.75 Å². The molecule has 0 radical (unpaired) electrons. The number of rotatable bonds is 8. The topological polar surface area (TPSA) is 117 Å². The second-order valence-electron chi connectivity index (χ2n) is 8.22. The second-order valence-corrected chi connectivity index (χ2v) is 8.22. The van der Waals surface area contributed by atoms with Gasteiger partial charge in [0.2, 0.25) is 0 Å². The lowest BCUT2D eigenvalue weighted by molar-refractivity contribution is 0.0705. The van der Waals surface area contributed by atoms with Crippen LogP contribution >= 0.6 is 0 Å². The van der Waals surface area contributed by atoms with Gasteiger partial charge in [-0.1, -0.05) is 54.6 Å². The van der Waals surface area contributed by atoms with Crippen molar-refractivity contribution in [1.29, 1.82) is 0 Å². The molecule has 0 aliphatic heterocycles. The van der Waals surface area contributed by atoms with E-state index in [1.54, 1.807) is 29.9 Å². The maximum absolute atomic E-state index is 12.8. The van der Waals surface area contributed by atoms with Gasteiger partial charge in [-0.05, 0) is 41.5 Å². The number of carbonyl (C=O) groups is 1. The third-order valence-electron chi connectivity index (χ3n) is 5.85. The number of aliphatic hydroxyl groups excluding tert-OH is 1. The van der Waals surface area contributed by atoms with Crippen LogP contribution in [0.5, 0.6) is 11.5 Å². The van der Waals surface area contributed by atoms with E-state index in [-0.39, 0.29) is 17.9 Å². The molecule has 37 heavy (non-hydrogen) atoms. The van der Waals surface area contributed by atoms with Gasteiger partial charge in [0, 0.05) is 35.6 Å². The van der Waals surface area contributed by atoms with Gasteiger partial charge in [-0.2, -0.15) is 0 Å². The first kappa shape index (κ1) is 23.9. The van der Waals surface area contributed by atoms with Crippen LogP contribution in [0.4, 0.5) is 5.69 Å². The molecule has 0 unspecified atom stereocenters. The van der Waals surface area contributed by atoms with Crippen molar-refractivity contribution in [2.75, 3.05) is 18.5 Å². The molecule has 0 aliphatic rings. The molecule has 2 aromatic heterocycles. The molecule has 0 atom stereocenters. The van der Waals surface area contributed by atoms with Crippen LogP contribution in [-0.2, 0) is 0 Å². The lowest BCUT2D eigenvalue weighted by Crippen LogP contribution is -2.20. The molecular formula is C29H24N4O4. The fourth-order valence-electron chi connectivity index (χ4n) is 4.07. The number of ether oxygens (including phenoxy) is 1. The number of benzene rings is 3. The average molecular weight is 493 g/mol. The largest absolute Gasteiger partial charge is 0.454 e. The van der Waals surface area contributed by atoms with E-state index in [1.807, 2.05) is 66.7 Å². The summed E-state index contributed by atoms with van der Waals surface area (Å²) >= 11 is 0. The zero-order valence-corrected chi connectivity index (χ0v) is 19.8. The lowest BCUT2D eigenvalue weighted by atomic mass is 9.99. The molecule has 0 fully saturated rings. The highest BCUT2D eigenvalue weighted by Gasteiger charge is 2.24. The van der Waals surface area contributed by atoms with Crippen molar-refractivity contribution in [2.24, 2.45) is 0 Å². The molecule has 8 heteroatoms. The van der Waals surface area contributed by atoms with Gasteiger partial charge in [0.25, 0.3) is 5.91 Å². The first-order valence-electron chi connectivity index (χ1n) is 11.7. The summed E-state index contributed by atoms with van der Waals surface area (Å²) in [6.45, 7) is 0.562. The highest BCUT2D eigenvalue weighted by molar-refractivity contribution is 6.10. The average Bonchev–Trinajstić information content (AvgIpc) is 2.96. The van der Waals surface area contributed by atoms with Crippen molar-refractivity contribution >= 4 is 22.5 Å². The number of aromatic nitrogens is 2. The minimum atomic E-state index is -0.723. The highest BCUT2D eigenvalue weighted by Crippen LogP contribution is 2.39. The number of fused-ring (bicyclic) bond motifs is 1. The van der Waals surface area contributed by atoms with Crippen molar-refractivity contribution in [1.82, 2.24) is 15.4 Å². The molecule has 4 N–H and O–H groups in total. The van der Waals surface area contributed by atoms with Crippen LogP contribution < -0.4 is 15.5 Å². The van der Waals surface area contributed by atoms with Crippen LogP contribution in [0.1, 0.15) is 10.4 Å². The number of para-hydroxylation sites is 1. The fraction of sp³-hybridized carbons (Fsp3) is 0.0690. The van der Waals surface area contributed by atoms with E-state index >= 15 is 0 Å². The predicted octanol–water partition coefficient (Wildman–Crippen LogP) is 5.28. The number of anilines is 1. The predicted molar refractivity (Wildman–Crippen MR) is 142 cm³/mol. The standard InChI is InChI=1S/C29H24N4O4/c34-17-16-31-22-12-10-20(11-13-22)19-6-8-21(9-7-19)27-28(37-23-4-2-1-3-5-23)26(29(35)33-36)24-18-30-15-14-25(24)32-27/h1-15,18,31,34,36H,16-17H2,(H,33,35). The Labute approximate surface area is 213 Å². The highest BCUT2D eigenvalue weighted by atomic mass is 16.5. The van der Waals surface area contributed by atoms with Gasteiger partial charge in [0.05, 0.1) is 17.7 Å². The number of carbonyl (C=O) groups excluding carboxylic acids is 1. The van der Waals surface area contributed by atoms with Crippen molar-refractivity contribution in [3.05, 3.63) is 103 Å². The van der Waals surface area contributed by atoms with Gasteiger partial charge in [-0.15, -0.1) is 0 Å². The molecule has 184 valence electrons. The SMILES string of the molecule is O=C(NO)c1c(Oc2ccccc2)c(-c2ccc(-c3ccc(NCCO)cc3)cc2)nc2ccncc12. The molecule has 8 nitrogen and oxygen atoms in total. The first-order valence-corrected chi connectivity index (χ1v) is 11.7. The van der Waals surface area contributed by atoms with E-state index in [2.05, 4.69) is 10.3 Å². The molecule has 0 saturated heterocycles. The number of nitrogens with one attached hydrogen (secondary N) is 2. The van der Waals surface area contributed by atoms with Crippen LogP contribution in [0.15, 0.2) is 97.3 Å². The lowest BCUT2D eigenvalue weighted by Gasteiger charge is -2.17. The van der Waals surface area contributed by atoms with Gasteiger partial charge >= 0.3 is 0 Å². The Kier molecular flexibility index (Phi) is 7.02. The maximum atomic E-state index is 12.8. The first-order chi connectivity index (χ1) is 18.2. The molecule has 0 spiro atoms. The van der Waals surface area contributed by atoms with E-state index in [0.29, 0.717) is 28.9 Å². The van der Waals surface area contributed by atoms with Crippen molar-refractivity contribution < 1.29 is 19.8 Å². The number of nitrogens with zero attached hydrogens (tertiary/aromatic N) is 2. The monoisotopic (exact) mass is 492 g/mol. The summed E-state index contributed by atoms with van der Waals surface area (Å²) in [5.74, 6) is 0.0108. The zero-order valence-electron chi connectivity index (χ0n) is 19.8. The van der Waals surface area contributed by atoms with Gasteiger partial charge < -0.3 is 15.2 Å². The number of hydroxylamine groups is 1. The fourth-order valence-corrected chi connectivity index (χ4v) is 4.07. The van der Waals surface area contributed by atoms with Crippen LogP contribution in [0.2, 0.25) is 0 Å². The molecule has 5 aromatic rings. The molecule has 3 aromatic carbocycles. The number of aliphatic hydroxyl groups is 1. The molecule has 0 saturated carbocycles. The number of pyridine rings is 2. The van der Waals surface area contributed by atoms with Crippen LogP contribution in [0, 0.1) is 0 Å². The van der Waals surface area contributed by atoms with Gasteiger partial charge in [-0.3, -0.25) is 15.0 Å². The molecular weight excluding hydrogens is 468 g/mol. The summed E-state index contributed by atoms with van der Waals surface area (Å²) in [7, 11) is 0. The van der Waals surface area contributed by atoms with E-state index in [1.165, 1.54) is 6.20 Å². The van der Waals surface area contributed by atoms with E-state index in [9.17, 15) is 10.0 Å². The summed E-state index contributed by atoms with van der Waals surface area (Å²) in [5.41, 5.74) is 6.56. The second kappa shape index (κ2) is 10.9. The maximum Gasteiger partial charge on any atom is 0.279 e. The number of amides is 1.